The molecule has 1 saturated heterocycles. The zero-order valence-corrected chi connectivity index (χ0v) is 9.68. The van der Waals surface area contributed by atoms with Crippen LogP contribution in [-0.2, 0) is 19.4 Å². The molecule has 1 N–H and O–H groups in total. The maximum atomic E-state index is 10.5. The Morgan fingerprint density at radius 3 is 2.47 bits per heavy atom. The number of rotatable bonds is 1. The maximum absolute atomic E-state index is 10.5. The fourth-order valence-electron chi connectivity index (χ4n) is 0.463. The third kappa shape index (κ3) is 6.97. The maximum Gasteiger partial charge on any atom is 0.367 e. The van der Waals surface area contributed by atoms with Gasteiger partial charge in [-0.1, -0.05) is 23.5 Å². The van der Waals surface area contributed by atoms with Crippen LogP contribution >= 0.6 is 11.8 Å². The second-order valence-electron chi connectivity index (χ2n) is 2.39. The molecule has 0 aliphatic carbocycles. The highest BCUT2D eigenvalue weighted by molar-refractivity contribution is 8.15. The molecule has 86 valence electrons. The fraction of sp³-hybridized carbons (Fsp3) is 0.429. The van der Waals surface area contributed by atoms with Crippen LogP contribution in [0, 0.1) is 0 Å². The van der Waals surface area contributed by atoms with Gasteiger partial charge in [-0.2, -0.15) is 0 Å². The molecule has 0 amide bonds. The average molecular weight is 253 g/mol. The van der Waals surface area contributed by atoms with E-state index in [1.807, 2.05) is 0 Å². The summed E-state index contributed by atoms with van der Waals surface area (Å²) in [6.07, 6.45) is 1.10. The van der Waals surface area contributed by atoms with Gasteiger partial charge in [0.25, 0.3) is 0 Å². The SMILES string of the molecule is C=CS(C)(=O)=O.O=C1OCCS/C1=N\O. The quantitative estimate of drug-likeness (QED) is 0.409. The minimum absolute atomic E-state index is 0.0428. The predicted molar refractivity (Wildman–Crippen MR) is 57.7 cm³/mol. The highest BCUT2D eigenvalue weighted by Gasteiger charge is 2.18. The first-order valence-corrected chi connectivity index (χ1v) is 6.69. The molecule has 6 nitrogen and oxygen atoms in total. The van der Waals surface area contributed by atoms with Crippen LogP contribution in [0.3, 0.4) is 0 Å². The molecule has 0 saturated carbocycles. The van der Waals surface area contributed by atoms with Crippen molar-refractivity contribution < 1.29 is 23.2 Å². The van der Waals surface area contributed by atoms with Crippen molar-refractivity contribution in [3.63, 3.8) is 0 Å². The van der Waals surface area contributed by atoms with Crippen molar-refractivity contribution >= 4 is 32.6 Å². The molecule has 0 bridgehead atoms. The van der Waals surface area contributed by atoms with Gasteiger partial charge >= 0.3 is 5.97 Å². The highest BCUT2D eigenvalue weighted by atomic mass is 32.2. The highest BCUT2D eigenvalue weighted by Crippen LogP contribution is 2.10. The Balaban J connectivity index is 0.000000288. The number of nitrogens with zero attached hydrogens (tertiary/aromatic N) is 1. The summed E-state index contributed by atoms with van der Waals surface area (Å²) in [6, 6.07) is 0. The lowest BCUT2D eigenvalue weighted by Crippen LogP contribution is -2.22. The summed E-state index contributed by atoms with van der Waals surface area (Å²) in [7, 11) is -2.90. The normalized spacial score (nSPS) is 18.7. The summed E-state index contributed by atoms with van der Waals surface area (Å²) in [4.78, 5) is 10.5. The number of carbonyl (C=O) groups excluding carboxylic acids is 1. The molecule has 0 spiro atoms. The summed E-state index contributed by atoms with van der Waals surface area (Å²) in [5.74, 6) is 0.138. The summed E-state index contributed by atoms with van der Waals surface area (Å²) in [6.45, 7) is 3.45. The molecule has 1 aliphatic rings. The van der Waals surface area contributed by atoms with Crippen LogP contribution in [0.25, 0.3) is 0 Å². The van der Waals surface area contributed by atoms with E-state index < -0.39 is 15.8 Å². The lowest BCUT2D eigenvalue weighted by atomic mass is 10.7. The molecule has 1 rings (SSSR count). The van der Waals surface area contributed by atoms with E-state index in [-0.39, 0.29) is 5.04 Å². The van der Waals surface area contributed by atoms with Crippen LogP contribution < -0.4 is 0 Å². The number of cyclic esters (lactones) is 1. The standard InChI is InChI=1S/C4H5NO3S.C3H6O2S/c6-4-3(5-7)9-2-1-8-4;1-3-6(2,4)5/h7H,1-2H2;3H,1H2,2H3/b5-3-;. The summed E-state index contributed by atoms with van der Waals surface area (Å²) in [5.41, 5.74) is 0. The van der Waals surface area contributed by atoms with Gasteiger partial charge in [-0.25, -0.2) is 13.2 Å². The molecule has 0 aromatic rings. The van der Waals surface area contributed by atoms with Crippen molar-refractivity contribution in [2.24, 2.45) is 5.16 Å². The van der Waals surface area contributed by atoms with E-state index in [2.05, 4.69) is 16.5 Å². The molecule has 8 heteroatoms. The van der Waals surface area contributed by atoms with Crippen LogP contribution in [0.4, 0.5) is 0 Å². The average Bonchev–Trinajstić information content (AvgIpc) is 2.18. The fourth-order valence-corrected chi connectivity index (χ4v) is 1.06. The molecule has 1 heterocycles. The molecular formula is C7H11NO5S2. The Morgan fingerprint density at radius 2 is 2.20 bits per heavy atom. The molecular weight excluding hydrogens is 242 g/mol. The van der Waals surface area contributed by atoms with E-state index in [9.17, 15) is 13.2 Å². The van der Waals surface area contributed by atoms with E-state index in [1.165, 1.54) is 11.8 Å². The monoisotopic (exact) mass is 253 g/mol. The second-order valence-corrected chi connectivity index (χ2v) is 5.46. The van der Waals surface area contributed by atoms with Gasteiger partial charge in [0, 0.05) is 17.4 Å². The van der Waals surface area contributed by atoms with Crippen molar-refractivity contribution in [3.8, 4) is 0 Å². The molecule has 0 unspecified atom stereocenters. The molecule has 1 fully saturated rings. The van der Waals surface area contributed by atoms with E-state index >= 15 is 0 Å². The molecule has 0 aromatic carbocycles. The van der Waals surface area contributed by atoms with Crippen molar-refractivity contribution in [3.05, 3.63) is 12.0 Å². The van der Waals surface area contributed by atoms with E-state index in [4.69, 9.17) is 5.21 Å². The topological polar surface area (TPSA) is 93.0 Å². The Hall–Kier alpha value is -1.02. The van der Waals surface area contributed by atoms with Crippen molar-refractivity contribution in [1.82, 2.24) is 0 Å². The van der Waals surface area contributed by atoms with Gasteiger partial charge in [0.2, 0.25) is 5.04 Å². The summed E-state index contributed by atoms with van der Waals surface area (Å²) < 4.78 is 24.3. The van der Waals surface area contributed by atoms with Gasteiger partial charge in [-0.05, 0) is 0 Å². The van der Waals surface area contributed by atoms with Gasteiger partial charge < -0.3 is 9.94 Å². The number of oxime groups is 1. The van der Waals surface area contributed by atoms with Gasteiger partial charge in [-0.3, -0.25) is 0 Å². The van der Waals surface area contributed by atoms with Gasteiger partial charge in [0.15, 0.2) is 9.84 Å². The summed E-state index contributed by atoms with van der Waals surface area (Å²) >= 11 is 1.20. The van der Waals surface area contributed by atoms with E-state index in [0.29, 0.717) is 12.4 Å². The summed E-state index contributed by atoms with van der Waals surface area (Å²) in [5, 5.41) is 11.8. The first kappa shape index (κ1) is 14.0. The number of esters is 1. The number of hydrogen-bond donors (Lipinski definition) is 1. The Kier molecular flexibility index (Phi) is 6.02. The van der Waals surface area contributed by atoms with Crippen LogP contribution in [0.15, 0.2) is 17.1 Å². The minimum Gasteiger partial charge on any atom is -0.460 e. The van der Waals surface area contributed by atoms with Crippen molar-refractivity contribution in [2.75, 3.05) is 18.6 Å². The molecule has 0 aromatic heterocycles. The Bertz CT molecular complexity index is 348. The smallest absolute Gasteiger partial charge is 0.367 e. The molecule has 0 radical (unpaired) electrons. The first-order chi connectivity index (χ1) is 6.90. The first-order valence-electron chi connectivity index (χ1n) is 3.75. The zero-order chi connectivity index (χ0) is 11.9. The van der Waals surface area contributed by atoms with Crippen LogP contribution in [0.5, 0.6) is 0 Å². The van der Waals surface area contributed by atoms with Crippen molar-refractivity contribution in [1.29, 1.82) is 0 Å². The molecule has 15 heavy (non-hydrogen) atoms. The van der Waals surface area contributed by atoms with Crippen LogP contribution in [-0.4, -0.2) is 43.3 Å². The third-order valence-electron chi connectivity index (χ3n) is 1.12. The second kappa shape index (κ2) is 6.46. The van der Waals surface area contributed by atoms with E-state index in [0.717, 1.165) is 11.7 Å². The Labute approximate surface area is 91.9 Å². The number of sulfone groups is 1. The van der Waals surface area contributed by atoms with Gasteiger partial charge in [-0.15, -0.1) is 0 Å². The molecule has 0 atom stereocenters. The van der Waals surface area contributed by atoms with E-state index in [1.54, 1.807) is 0 Å². The van der Waals surface area contributed by atoms with Crippen LogP contribution in [0.2, 0.25) is 0 Å². The number of hydrogen-bond acceptors (Lipinski definition) is 7. The predicted octanol–water partition coefficient (Wildman–Crippen LogP) is 0.239. The number of carbonyl (C=O) groups is 1. The number of ether oxygens (including phenoxy) is 1. The van der Waals surface area contributed by atoms with Crippen molar-refractivity contribution in [2.45, 2.75) is 0 Å². The Morgan fingerprint density at radius 1 is 1.67 bits per heavy atom. The van der Waals surface area contributed by atoms with Crippen LogP contribution in [0.1, 0.15) is 0 Å². The minimum atomic E-state index is -2.90. The number of thioether (sulfide) groups is 1. The lowest BCUT2D eigenvalue weighted by Gasteiger charge is -2.09. The third-order valence-corrected chi connectivity index (χ3v) is 2.62. The zero-order valence-electron chi connectivity index (χ0n) is 8.04. The van der Waals surface area contributed by atoms with Gasteiger partial charge in [0.05, 0.1) is 0 Å². The largest absolute Gasteiger partial charge is 0.460 e. The lowest BCUT2D eigenvalue weighted by molar-refractivity contribution is -0.135. The molecule has 1 aliphatic heterocycles. The van der Waals surface area contributed by atoms with Gasteiger partial charge in [0.1, 0.15) is 6.61 Å².